The van der Waals surface area contributed by atoms with Gasteiger partial charge in [-0.1, -0.05) is 51.8 Å². The van der Waals surface area contributed by atoms with Gasteiger partial charge in [0.15, 0.2) is 11.5 Å². The lowest BCUT2D eigenvalue weighted by Gasteiger charge is -2.14. The highest BCUT2D eigenvalue weighted by Crippen LogP contribution is 2.35. The summed E-state index contributed by atoms with van der Waals surface area (Å²) in [5.41, 5.74) is 3.84. The van der Waals surface area contributed by atoms with Crippen molar-refractivity contribution >= 4 is 15.9 Å². The van der Waals surface area contributed by atoms with Crippen molar-refractivity contribution in [2.45, 2.75) is 24.6 Å². The average Bonchev–Trinajstić information content (AvgIpc) is 2.74. The van der Waals surface area contributed by atoms with Crippen molar-refractivity contribution in [1.82, 2.24) is 0 Å². The van der Waals surface area contributed by atoms with Crippen LogP contribution in [0.3, 0.4) is 0 Å². The fraction of sp³-hybridized carbons (Fsp3) is 0.333. The first-order valence-electron chi connectivity index (χ1n) is 7.31. The van der Waals surface area contributed by atoms with Gasteiger partial charge in [0.2, 0.25) is 0 Å². The average molecular weight is 347 g/mol. The highest BCUT2D eigenvalue weighted by atomic mass is 79.9. The molecule has 110 valence electrons. The van der Waals surface area contributed by atoms with E-state index >= 15 is 0 Å². The second kappa shape index (κ2) is 6.52. The van der Waals surface area contributed by atoms with Crippen LogP contribution in [0.1, 0.15) is 27.9 Å². The fourth-order valence-electron chi connectivity index (χ4n) is 2.42. The highest BCUT2D eigenvalue weighted by Gasteiger charge is 2.15. The first kappa shape index (κ1) is 14.5. The van der Waals surface area contributed by atoms with Crippen molar-refractivity contribution in [2.75, 3.05) is 13.2 Å². The van der Waals surface area contributed by atoms with Crippen LogP contribution >= 0.6 is 15.9 Å². The van der Waals surface area contributed by atoms with Gasteiger partial charge in [-0.3, -0.25) is 0 Å². The molecule has 0 aromatic heterocycles. The Hall–Kier alpha value is -1.48. The number of alkyl halides is 1. The van der Waals surface area contributed by atoms with Gasteiger partial charge in [-0.05, 0) is 36.6 Å². The van der Waals surface area contributed by atoms with Crippen molar-refractivity contribution in [2.24, 2.45) is 0 Å². The van der Waals surface area contributed by atoms with E-state index in [1.54, 1.807) is 0 Å². The quantitative estimate of drug-likeness (QED) is 0.740. The van der Waals surface area contributed by atoms with E-state index in [4.69, 9.17) is 9.47 Å². The minimum Gasteiger partial charge on any atom is -0.490 e. The molecule has 0 spiro atoms. The number of rotatable bonds is 3. The summed E-state index contributed by atoms with van der Waals surface area (Å²) in [6.07, 6.45) is 1.89. The maximum absolute atomic E-state index is 5.76. The molecule has 0 fully saturated rings. The lowest BCUT2D eigenvalue weighted by Crippen LogP contribution is -1.98. The van der Waals surface area contributed by atoms with Crippen LogP contribution in [0.5, 0.6) is 11.5 Å². The molecule has 2 nitrogen and oxygen atoms in total. The molecule has 2 aromatic rings. The Morgan fingerprint density at radius 2 is 1.71 bits per heavy atom. The molecule has 0 amide bonds. The summed E-state index contributed by atoms with van der Waals surface area (Å²) >= 11 is 3.79. The Balaban J connectivity index is 1.76. The van der Waals surface area contributed by atoms with Crippen molar-refractivity contribution in [1.29, 1.82) is 0 Å². The SMILES string of the molecule is Cc1ccc(CC(Br)c2ccc3c(c2)OCCCO3)cc1. The predicted molar refractivity (Wildman–Crippen MR) is 88.6 cm³/mol. The molecular formula is C18H19BrO2. The van der Waals surface area contributed by atoms with E-state index in [0.717, 1.165) is 37.6 Å². The zero-order chi connectivity index (χ0) is 14.7. The molecule has 2 aromatic carbocycles. The van der Waals surface area contributed by atoms with E-state index < -0.39 is 0 Å². The third kappa shape index (κ3) is 3.59. The fourth-order valence-corrected chi connectivity index (χ4v) is 3.08. The van der Waals surface area contributed by atoms with Gasteiger partial charge in [-0.25, -0.2) is 0 Å². The van der Waals surface area contributed by atoms with Crippen LogP contribution < -0.4 is 9.47 Å². The van der Waals surface area contributed by atoms with E-state index in [9.17, 15) is 0 Å². The number of aryl methyl sites for hydroxylation is 1. The maximum atomic E-state index is 5.76. The zero-order valence-electron chi connectivity index (χ0n) is 12.1. The molecular weight excluding hydrogens is 328 g/mol. The van der Waals surface area contributed by atoms with Crippen LogP contribution in [-0.4, -0.2) is 13.2 Å². The van der Waals surface area contributed by atoms with Crippen LogP contribution in [0.15, 0.2) is 42.5 Å². The van der Waals surface area contributed by atoms with Crippen LogP contribution in [0.2, 0.25) is 0 Å². The van der Waals surface area contributed by atoms with E-state index in [0.29, 0.717) is 0 Å². The van der Waals surface area contributed by atoms with Crippen molar-refractivity contribution in [3.8, 4) is 11.5 Å². The first-order valence-corrected chi connectivity index (χ1v) is 8.23. The third-order valence-corrected chi connectivity index (χ3v) is 4.52. The van der Waals surface area contributed by atoms with Crippen molar-refractivity contribution in [3.05, 3.63) is 59.2 Å². The number of ether oxygens (including phenoxy) is 2. The third-order valence-electron chi connectivity index (χ3n) is 3.67. The zero-order valence-corrected chi connectivity index (χ0v) is 13.7. The van der Waals surface area contributed by atoms with Gasteiger partial charge in [0.1, 0.15) is 0 Å². The van der Waals surface area contributed by atoms with Gasteiger partial charge in [0.05, 0.1) is 13.2 Å². The molecule has 1 atom stereocenters. The largest absolute Gasteiger partial charge is 0.490 e. The second-order valence-electron chi connectivity index (χ2n) is 5.41. The van der Waals surface area contributed by atoms with Gasteiger partial charge >= 0.3 is 0 Å². The summed E-state index contributed by atoms with van der Waals surface area (Å²) in [6.45, 7) is 3.56. The Morgan fingerprint density at radius 3 is 2.48 bits per heavy atom. The molecule has 1 unspecified atom stereocenters. The van der Waals surface area contributed by atoms with Crippen molar-refractivity contribution < 1.29 is 9.47 Å². The second-order valence-corrected chi connectivity index (χ2v) is 6.52. The van der Waals surface area contributed by atoms with Crippen LogP contribution in [-0.2, 0) is 6.42 Å². The lowest BCUT2D eigenvalue weighted by molar-refractivity contribution is 0.297. The summed E-state index contributed by atoms with van der Waals surface area (Å²) in [6, 6.07) is 14.9. The molecule has 0 aliphatic carbocycles. The number of hydrogen-bond acceptors (Lipinski definition) is 2. The summed E-state index contributed by atoms with van der Waals surface area (Å²) in [4.78, 5) is 0.275. The number of fused-ring (bicyclic) bond motifs is 1. The molecule has 3 rings (SSSR count). The molecule has 0 saturated carbocycles. The number of benzene rings is 2. The minimum absolute atomic E-state index is 0.275. The van der Waals surface area contributed by atoms with Gasteiger partial charge < -0.3 is 9.47 Å². The number of hydrogen-bond donors (Lipinski definition) is 0. The Labute approximate surface area is 134 Å². The monoisotopic (exact) mass is 346 g/mol. The topological polar surface area (TPSA) is 18.5 Å². The smallest absolute Gasteiger partial charge is 0.161 e. The molecule has 0 radical (unpaired) electrons. The Kier molecular flexibility index (Phi) is 4.49. The Morgan fingerprint density at radius 1 is 1.00 bits per heavy atom. The van der Waals surface area contributed by atoms with Crippen LogP contribution in [0.25, 0.3) is 0 Å². The maximum Gasteiger partial charge on any atom is 0.161 e. The molecule has 1 aliphatic rings. The normalized spacial score (nSPS) is 15.3. The lowest BCUT2D eigenvalue weighted by atomic mass is 10.0. The van der Waals surface area contributed by atoms with Gasteiger partial charge in [-0.15, -0.1) is 0 Å². The predicted octanol–water partition coefficient (Wildman–Crippen LogP) is 4.84. The molecule has 21 heavy (non-hydrogen) atoms. The molecule has 3 heteroatoms. The summed E-state index contributed by atoms with van der Waals surface area (Å²) in [7, 11) is 0. The minimum atomic E-state index is 0.275. The van der Waals surface area contributed by atoms with Gasteiger partial charge in [-0.2, -0.15) is 0 Å². The van der Waals surface area contributed by atoms with Crippen LogP contribution in [0, 0.1) is 6.92 Å². The van der Waals surface area contributed by atoms with E-state index in [-0.39, 0.29) is 4.83 Å². The summed E-state index contributed by atoms with van der Waals surface area (Å²) in [5.74, 6) is 1.71. The van der Waals surface area contributed by atoms with Gasteiger partial charge in [0, 0.05) is 11.2 Å². The highest BCUT2D eigenvalue weighted by molar-refractivity contribution is 9.09. The summed E-state index contributed by atoms with van der Waals surface area (Å²) < 4.78 is 11.4. The Bertz CT molecular complexity index is 607. The first-order chi connectivity index (χ1) is 10.2. The molecule has 0 bridgehead atoms. The van der Waals surface area contributed by atoms with E-state index in [1.165, 1.54) is 16.7 Å². The van der Waals surface area contributed by atoms with E-state index in [2.05, 4.69) is 59.3 Å². The van der Waals surface area contributed by atoms with E-state index in [1.807, 2.05) is 6.07 Å². The molecule has 0 N–H and O–H groups in total. The summed E-state index contributed by atoms with van der Waals surface area (Å²) in [5, 5.41) is 0. The van der Waals surface area contributed by atoms with Crippen molar-refractivity contribution in [3.63, 3.8) is 0 Å². The van der Waals surface area contributed by atoms with Gasteiger partial charge in [0.25, 0.3) is 0 Å². The van der Waals surface area contributed by atoms with Crippen LogP contribution in [0.4, 0.5) is 0 Å². The molecule has 1 aliphatic heterocycles. The number of halogens is 1. The molecule has 0 saturated heterocycles. The molecule has 1 heterocycles. The standard InChI is InChI=1S/C18H19BrO2/c1-13-3-5-14(6-4-13)11-16(19)15-7-8-17-18(12-15)21-10-2-9-20-17/h3-8,12,16H,2,9-11H2,1H3.